The van der Waals surface area contributed by atoms with Gasteiger partial charge in [0.25, 0.3) is 0 Å². The van der Waals surface area contributed by atoms with Gasteiger partial charge in [-0.05, 0) is 81.6 Å². The van der Waals surface area contributed by atoms with E-state index in [9.17, 15) is 0 Å². The van der Waals surface area contributed by atoms with E-state index in [1.165, 1.54) is 5.56 Å². The molecule has 0 amide bonds. The van der Waals surface area contributed by atoms with E-state index in [-0.39, 0.29) is 10.8 Å². The van der Waals surface area contributed by atoms with Crippen LogP contribution in [0.1, 0.15) is 52.7 Å². The Hall–Kier alpha value is -6.46. The lowest BCUT2D eigenvalue weighted by Gasteiger charge is -2.28. The van der Waals surface area contributed by atoms with E-state index >= 15 is 0 Å². The maximum atomic E-state index is 6.30. The summed E-state index contributed by atoms with van der Waals surface area (Å²) >= 11 is 0. The monoisotopic (exact) mass is 732 g/mol. The van der Waals surface area contributed by atoms with Crippen LogP contribution in [0.2, 0.25) is 0 Å². The van der Waals surface area contributed by atoms with Gasteiger partial charge in [0.2, 0.25) is 0 Å². The number of anilines is 3. The quantitative estimate of drug-likeness (QED) is 0.156. The number of para-hydroxylation sites is 2. The Labute approximate surface area is 330 Å². The number of rotatable bonds is 8. The molecule has 0 aliphatic heterocycles. The molecule has 278 valence electrons. The zero-order valence-corrected chi connectivity index (χ0v) is 33.3. The number of ether oxygens (including phenoxy) is 1. The first-order valence-electron chi connectivity index (χ1n) is 19.3. The van der Waals surface area contributed by atoms with Crippen LogP contribution in [0, 0.1) is 0 Å². The third kappa shape index (κ3) is 6.97. The molecule has 0 aliphatic rings. The first-order chi connectivity index (χ1) is 27.0. The lowest BCUT2D eigenvalue weighted by Crippen LogP contribution is -2.18. The van der Waals surface area contributed by atoms with Gasteiger partial charge in [-0.1, -0.05) is 151 Å². The molecule has 0 saturated heterocycles. The van der Waals surface area contributed by atoms with Crippen LogP contribution >= 0.6 is 0 Å². The summed E-state index contributed by atoms with van der Waals surface area (Å²) in [5.74, 6) is 1.68. The van der Waals surface area contributed by atoms with Crippen molar-refractivity contribution >= 4 is 28.1 Å². The fourth-order valence-corrected chi connectivity index (χ4v) is 7.53. The maximum absolute atomic E-state index is 6.30. The highest BCUT2D eigenvalue weighted by molar-refractivity contribution is 5.97. The molecule has 2 aromatic heterocycles. The lowest BCUT2D eigenvalue weighted by molar-refractivity contribution is 0.398. The molecule has 5 nitrogen and oxygen atoms in total. The number of pyridine rings is 1. The molecule has 5 heteroatoms. The fourth-order valence-electron chi connectivity index (χ4n) is 7.53. The predicted octanol–water partition coefficient (Wildman–Crippen LogP) is 13.5. The van der Waals surface area contributed by atoms with Crippen molar-refractivity contribution in [3.8, 4) is 44.9 Å². The zero-order chi connectivity index (χ0) is 39.0. The molecular weight excluding hydrogens is 685 g/mol. The highest BCUT2D eigenvalue weighted by atomic mass is 16.5. The minimum Gasteiger partial charge on any atom is -0.496 e. The summed E-state index contributed by atoms with van der Waals surface area (Å²) < 4.78 is 8.40. The summed E-state index contributed by atoms with van der Waals surface area (Å²) in [5.41, 5.74) is 12.4. The number of hydrogen-bond acceptors (Lipinski definition) is 4. The Bertz CT molecular complexity index is 2630. The van der Waals surface area contributed by atoms with Gasteiger partial charge in [-0.25, -0.2) is 9.67 Å². The molecule has 2 heterocycles. The first kappa shape index (κ1) is 36.5. The lowest BCUT2D eigenvalue weighted by atomic mass is 9.78. The molecule has 0 bridgehead atoms. The summed E-state index contributed by atoms with van der Waals surface area (Å²) in [4.78, 5) is 7.19. The minimum atomic E-state index is -0.149. The molecular formula is C51H48N4O. The first-order valence-corrected chi connectivity index (χ1v) is 19.3. The maximum Gasteiger partial charge on any atom is 0.137 e. The van der Waals surface area contributed by atoms with Crippen molar-refractivity contribution in [2.75, 3.05) is 12.0 Å². The zero-order valence-electron chi connectivity index (χ0n) is 33.3. The Morgan fingerprint density at radius 3 is 1.91 bits per heavy atom. The van der Waals surface area contributed by atoms with Crippen LogP contribution < -0.4 is 9.64 Å². The van der Waals surface area contributed by atoms with Crippen molar-refractivity contribution in [3.63, 3.8) is 0 Å². The van der Waals surface area contributed by atoms with Crippen molar-refractivity contribution in [2.24, 2.45) is 0 Å². The number of hydrogen-bond donors (Lipinski definition) is 0. The van der Waals surface area contributed by atoms with E-state index in [1.54, 1.807) is 7.11 Å². The van der Waals surface area contributed by atoms with Gasteiger partial charge in [-0.2, -0.15) is 5.10 Å². The van der Waals surface area contributed by atoms with Crippen LogP contribution in [0.4, 0.5) is 17.2 Å². The smallest absolute Gasteiger partial charge is 0.137 e. The molecule has 0 spiro atoms. The second-order valence-corrected chi connectivity index (χ2v) is 16.4. The molecule has 6 aromatic carbocycles. The van der Waals surface area contributed by atoms with Gasteiger partial charge in [0, 0.05) is 28.3 Å². The average molecular weight is 733 g/mol. The van der Waals surface area contributed by atoms with Crippen molar-refractivity contribution in [1.29, 1.82) is 0 Å². The van der Waals surface area contributed by atoms with E-state index < -0.39 is 0 Å². The summed E-state index contributed by atoms with van der Waals surface area (Å²) in [5, 5.41) is 6.59. The molecule has 0 N–H and O–H groups in total. The van der Waals surface area contributed by atoms with Gasteiger partial charge >= 0.3 is 0 Å². The van der Waals surface area contributed by atoms with E-state index in [0.29, 0.717) is 0 Å². The van der Waals surface area contributed by atoms with Crippen LogP contribution in [-0.4, -0.2) is 21.9 Å². The highest BCUT2D eigenvalue weighted by Crippen LogP contribution is 2.46. The Balaban J connectivity index is 1.42. The van der Waals surface area contributed by atoms with Gasteiger partial charge in [-0.15, -0.1) is 0 Å². The normalized spacial score (nSPS) is 11.8. The molecule has 56 heavy (non-hydrogen) atoms. The van der Waals surface area contributed by atoms with E-state index in [4.69, 9.17) is 14.8 Å². The van der Waals surface area contributed by atoms with Gasteiger partial charge in [-0.3, -0.25) is 4.90 Å². The number of nitrogens with zero attached hydrogens (tertiary/aromatic N) is 4. The topological polar surface area (TPSA) is 43.2 Å². The van der Waals surface area contributed by atoms with Gasteiger partial charge in [0.1, 0.15) is 17.3 Å². The van der Waals surface area contributed by atoms with Crippen LogP contribution in [0.15, 0.2) is 164 Å². The van der Waals surface area contributed by atoms with Gasteiger partial charge in [0.05, 0.1) is 29.7 Å². The largest absolute Gasteiger partial charge is 0.496 e. The molecule has 0 radical (unpaired) electrons. The van der Waals surface area contributed by atoms with E-state index in [2.05, 4.69) is 197 Å². The highest BCUT2D eigenvalue weighted by Gasteiger charge is 2.29. The number of aromatic nitrogens is 3. The number of methoxy groups -OCH3 is 1. The molecule has 0 unspecified atom stereocenters. The molecule has 0 aliphatic carbocycles. The Kier molecular flexibility index (Phi) is 9.55. The minimum absolute atomic E-state index is 0.0801. The van der Waals surface area contributed by atoms with Crippen LogP contribution in [-0.2, 0) is 10.8 Å². The van der Waals surface area contributed by atoms with Crippen LogP contribution in [0.3, 0.4) is 0 Å². The second kappa shape index (κ2) is 14.6. The molecule has 8 aromatic rings. The van der Waals surface area contributed by atoms with Crippen LogP contribution in [0.25, 0.3) is 50.1 Å². The van der Waals surface area contributed by atoms with Crippen molar-refractivity contribution in [2.45, 2.75) is 52.4 Å². The summed E-state index contributed by atoms with van der Waals surface area (Å²) in [6.07, 6.45) is 1.85. The van der Waals surface area contributed by atoms with Crippen molar-refractivity contribution in [3.05, 3.63) is 175 Å². The molecule has 8 rings (SSSR count). The summed E-state index contributed by atoms with van der Waals surface area (Å²) in [6.45, 7) is 13.5. The van der Waals surface area contributed by atoms with Crippen LogP contribution in [0.5, 0.6) is 5.75 Å². The molecule has 0 fully saturated rings. The third-order valence-electron chi connectivity index (χ3n) is 10.4. The number of benzene rings is 6. The van der Waals surface area contributed by atoms with Crippen molar-refractivity contribution in [1.82, 2.24) is 14.8 Å². The standard InChI is InChI=1S/C51H48N4O/c1-50(2,3)38-32-43(49(56-7)44(33-38)51(4,5)6)48-42-25-15-17-27-46(42)55(53-48)40-31-37(35-20-10-8-11-21-35)30-39(34-40)54(47-28-18-19-29-52-47)45-26-16-14-24-41(45)36-22-12-9-13-23-36/h8-34H,1-7H3. The summed E-state index contributed by atoms with van der Waals surface area (Å²) in [6, 6.07) is 55.6. The Morgan fingerprint density at radius 2 is 1.23 bits per heavy atom. The second-order valence-electron chi connectivity index (χ2n) is 16.4. The third-order valence-corrected chi connectivity index (χ3v) is 10.4. The van der Waals surface area contributed by atoms with Gasteiger partial charge in [0.15, 0.2) is 0 Å². The SMILES string of the molecule is COc1c(-c2nn(-c3cc(-c4ccccc4)cc(N(c4ccccn4)c4ccccc4-c4ccccc4)c3)c3ccccc23)cc(C(C)(C)C)cc1C(C)(C)C. The molecule has 0 saturated carbocycles. The van der Waals surface area contributed by atoms with Crippen molar-refractivity contribution < 1.29 is 4.74 Å². The Morgan fingerprint density at radius 1 is 0.571 bits per heavy atom. The molecule has 0 atom stereocenters. The van der Waals surface area contributed by atoms with E-state index in [1.807, 2.05) is 18.3 Å². The van der Waals surface area contributed by atoms with E-state index in [0.717, 1.165) is 78.6 Å². The summed E-state index contributed by atoms with van der Waals surface area (Å²) in [7, 11) is 1.78. The fraction of sp³-hybridized carbons (Fsp3) is 0.176. The average Bonchev–Trinajstić information content (AvgIpc) is 3.60. The van der Waals surface area contributed by atoms with Gasteiger partial charge < -0.3 is 4.74 Å². The number of fused-ring (bicyclic) bond motifs is 1. The predicted molar refractivity (Wildman–Crippen MR) is 234 cm³/mol.